The lowest BCUT2D eigenvalue weighted by atomic mass is 10.1. The average Bonchev–Trinajstić information content (AvgIpc) is 2.68. The van der Waals surface area contributed by atoms with E-state index >= 15 is 0 Å². The SMILES string of the molecule is CC(CN1CCOC(c2ccc(OCc3c(Cl)cccc3Cl)cc2)C1)C(=O)O.Cl. The van der Waals surface area contributed by atoms with Crippen LogP contribution in [0, 0.1) is 5.92 Å². The summed E-state index contributed by atoms with van der Waals surface area (Å²) in [5, 5.41) is 10.3. The molecule has 158 valence electrons. The molecule has 2 aromatic carbocycles. The second-order valence-corrected chi connectivity index (χ2v) is 7.73. The van der Waals surface area contributed by atoms with E-state index in [2.05, 4.69) is 4.90 Å². The van der Waals surface area contributed by atoms with Gasteiger partial charge in [0.2, 0.25) is 0 Å². The predicted molar refractivity (Wildman–Crippen MR) is 116 cm³/mol. The number of benzene rings is 2. The molecule has 1 aliphatic rings. The van der Waals surface area contributed by atoms with Crippen molar-refractivity contribution >= 4 is 41.6 Å². The topological polar surface area (TPSA) is 59.0 Å². The van der Waals surface area contributed by atoms with Crippen LogP contribution in [0.2, 0.25) is 10.0 Å². The summed E-state index contributed by atoms with van der Waals surface area (Å²) in [6.45, 7) is 4.54. The normalized spacial score (nSPS) is 18.0. The van der Waals surface area contributed by atoms with Crippen LogP contribution < -0.4 is 4.74 Å². The maximum absolute atomic E-state index is 11.1. The van der Waals surface area contributed by atoms with E-state index in [4.69, 9.17) is 37.8 Å². The summed E-state index contributed by atoms with van der Waals surface area (Å²) in [7, 11) is 0. The summed E-state index contributed by atoms with van der Waals surface area (Å²) in [5.74, 6) is -0.457. The molecular formula is C21H24Cl3NO4. The molecule has 2 unspecified atom stereocenters. The van der Waals surface area contributed by atoms with Crippen molar-refractivity contribution in [2.24, 2.45) is 5.92 Å². The molecular weight excluding hydrogens is 437 g/mol. The molecule has 1 heterocycles. The smallest absolute Gasteiger partial charge is 0.307 e. The molecule has 8 heteroatoms. The van der Waals surface area contributed by atoms with E-state index in [0.717, 1.165) is 17.7 Å². The number of carboxylic acid groups (broad SMARTS) is 1. The van der Waals surface area contributed by atoms with Crippen molar-refractivity contribution in [3.63, 3.8) is 0 Å². The Morgan fingerprint density at radius 2 is 1.90 bits per heavy atom. The molecule has 0 radical (unpaired) electrons. The number of carboxylic acids is 1. The Bertz CT molecular complexity index is 796. The van der Waals surface area contributed by atoms with Crippen molar-refractivity contribution in [3.05, 3.63) is 63.6 Å². The van der Waals surface area contributed by atoms with E-state index in [-0.39, 0.29) is 18.5 Å². The third kappa shape index (κ3) is 6.49. The third-order valence-electron chi connectivity index (χ3n) is 4.80. The Kier molecular flexibility index (Phi) is 9.05. The minimum atomic E-state index is -0.775. The Balaban J connectivity index is 0.00000300. The van der Waals surface area contributed by atoms with Gasteiger partial charge in [-0.15, -0.1) is 12.4 Å². The van der Waals surface area contributed by atoms with Gasteiger partial charge in [-0.2, -0.15) is 0 Å². The maximum atomic E-state index is 11.1. The second-order valence-electron chi connectivity index (χ2n) is 6.92. The van der Waals surface area contributed by atoms with Gasteiger partial charge in [0.1, 0.15) is 12.4 Å². The summed E-state index contributed by atoms with van der Waals surface area (Å²) >= 11 is 12.3. The zero-order valence-corrected chi connectivity index (χ0v) is 18.3. The molecule has 1 fully saturated rings. The molecule has 3 rings (SSSR count). The Morgan fingerprint density at radius 3 is 2.52 bits per heavy atom. The number of rotatable bonds is 7. The van der Waals surface area contributed by atoms with Crippen LogP contribution >= 0.6 is 35.6 Å². The first-order valence-electron chi connectivity index (χ1n) is 9.16. The van der Waals surface area contributed by atoms with Crippen LogP contribution in [-0.2, 0) is 16.1 Å². The largest absolute Gasteiger partial charge is 0.489 e. The van der Waals surface area contributed by atoms with E-state index in [0.29, 0.717) is 42.1 Å². The van der Waals surface area contributed by atoms with Crippen LogP contribution in [0.15, 0.2) is 42.5 Å². The van der Waals surface area contributed by atoms with Gasteiger partial charge in [-0.1, -0.05) is 48.3 Å². The number of hydrogen-bond donors (Lipinski definition) is 1. The van der Waals surface area contributed by atoms with Crippen LogP contribution in [0.25, 0.3) is 0 Å². The van der Waals surface area contributed by atoms with Gasteiger partial charge in [0, 0.05) is 35.2 Å². The van der Waals surface area contributed by atoms with Crippen molar-refractivity contribution < 1.29 is 19.4 Å². The fourth-order valence-corrected chi connectivity index (χ4v) is 3.65. The second kappa shape index (κ2) is 11.0. The molecule has 0 bridgehead atoms. The van der Waals surface area contributed by atoms with E-state index < -0.39 is 11.9 Å². The van der Waals surface area contributed by atoms with Gasteiger partial charge in [-0.25, -0.2) is 0 Å². The first-order chi connectivity index (χ1) is 13.4. The fourth-order valence-electron chi connectivity index (χ4n) is 3.14. The highest BCUT2D eigenvalue weighted by atomic mass is 35.5. The van der Waals surface area contributed by atoms with Crippen molar-refractivity contribution in [2.75, 3.05) is 26.2 Å². The van der Waals surface area contributed by atoms with Crippen LogP contribution in [-0.4, -0.2) is 42.2 Å². The van der Waals surface area contributed by atoms with Crippen molar-refractivity contribution in [1.82, 2.24) is 4.90 Å². The lowest BCUT2D eigenvalue weighted by Crippen LogP contribution is -2.41. The Morgan fingerprint density at radius 1 is 1.24 bits per heavy atom. The Labute approximate surface area is 186 Å². The number of hydrogen-bond acceptors (Lipinski definition) is 4. The van der Waals surface area contributed by atoms with Crippen LogP contribution in [0.4, 0.5) is 0 Å². The summed E-state index contributed by atoms with van der Waals surface area (Å²) in [6, 6.07) is 13.1. The van der Waals surface area contributed by atoms with Gasteiger partial charge >= 0.3 is 5.97 Å². The van der Waals surface area contributed by atoms with E-state index in [1.165, 1.54) is 0 Å². The fraction of sp³-hybridized carbons (Fsp3) is 0.381. The molecule has 0 amide bonds. The number of aliphatic carboxylic acids is 1. The summed E-state index contributed by atoms with van der Waals surface area (Å²) in [6.07, 6.45) is -0.0817. The van der Waals surface area contributed by atoms with E-state index in [1.807, 2.05) is 24.3 Å². The summed E-state index contributed by atoms with van der Waals surface area (Å²) in [4.78, 5) is 13.2. The number of nitrogens with zero attached hydrogens (tertiary/aromatic N) is 1. The molecule has 29 heavy (non-hydrogen) atoms. The summed E-state index contributed by atoms with van der Waals surface area (Å²) in [5.41, 5.74) is 1.80. The molecule has 1 saturated heterocycles. The van der Waals surface area contributed by atoms with Crippen LogP contribution in [0.1, 0.15) is 24.2 Å². The minimum absolute atomic E-state index is 0. The van der Waals surface area contributed by atoms with E-state index in [9.17, 15) is 4.79 Å². The standard InChI is InChI=1S/C21H23Cl2NO4.ClH/c1-14(21(25)26)11-24-9-10-27-20(12-24)15-5-7-16(8-6-15)28-13-17-18(22)3-2-4-19(17)23;/h2-8,14,20H,9-13H2,1H3,(H,25,26);1H. The zero-order chi connectivity index (χ0) is 20.1. The number of carbonyl (C=O) groups is 1. The molecule has 1 N–H and O–H groups in total. The van der Waals surface area contributed by atoms with Gasteiger partial charge in [-0.05, 0) is 29.8 Å². The number of ether oxygens (including phenoxy) is 2. The van der Waals surface area contributed by atoms with Gasteiger partial charge in [0.15, 0.2) is 0 Å². The van der Waals surface area contributed by atoms with Gasteiger partial charge < -0.3 is 14.6 Å². The lowest BCUT2D eigenvalue weighted by molar-refractivity contribution is -0.142. The zero-order valence-electron chi connectivity index (χ0n) is 16.0. The van der Waals surface area contributed by atoms with Crippen molar-refractivity contribution in [2.45, 2.75) is 19.6 Å². The quantitative estimate of drug-likeness (QED) is 0.624. The molecule has 2 atom stereocenters. The van der Waals surface area contributed by atoms with Crippen LogP contribution in [0.5, 0.6) is 5.75 Å². The molecule has 5 nitrogen and oxygen atoms in total. The third-order valence-corrected chi connectivity index (χ3v) is 5.51. The molecule has 0 spiro atoms. The van der Waals surface area contributed by atoms with Gasteiger partial charge in [0.25, 0.3) is 0 Å². The highest BCUT2D eigenvalue weighted by Crippen LogP contribution is 2.28. The molecule has 1 aliphatic heterocycles. The number of halogens is 3. The average molecular weight is 461 g/mol. The van der Waals surface area contributed by atoms with Crippen LogP contribution in [0.3, 0.4) is 0 Å². The van der Waals surface area contributed by atoms with Crippen molar-refractivity contribution in [3.8, 4) is 5.75 Å². The maximum Gasteiger partial charge on any atom is 0.307 e. The molecule has 0 saturated carbocycles. The monoisotopic (exact) mass is 459 g/mol. The van der Waals surface area contributed by atoms with Gasteiger partial charge in [-0.3, -0.25) is 9.69 Å². The molecule has 0 aliphatic carbocycles. The summed E-state index contributed by atoms with van der Waals surface area (Å²) < 4.78 is 11.7. The first kappa shape index (κ1) is 23.8. The van der Waals surface area contributed by atoms with Crippen molar-refractivity contribution in [1.29, 1.82) is 0 Å². The van der Waals surface area contributed by atoms with E-state index in [1.54, 1.807) is 25.1 Å². The molecule has 0 aromatic heterocycles. The highest BCUT2D eigenvalue weighted by molar-refractivity contribution is 6.35. The minimum Gasteiger partial charge on any atom is -0.489 e. The highest BCUT2D eigenvalue weighted by Gasteiger charge is 2.24. The lowest BCUT2D eigenvalue weighted by Gasteiger charge is -2.34. The molecule has 2 aromatic rings. The predicted octanol–water partition coefficient (Wildman–Crippen LogP) is 5.09. The Hall–Kier alpha value is -1.50. The first-order valence-corrected chi connectivity index (χ1v) is 9.92. The van der Waals surface area contributed by atoms with Gasteiger partial charge in [0.05, 0.1) is 18.6 Å². The number of morpholine rings is 1.